The first-order chi connectivity index (χ1) is 16.9. The minimum Gasteiger partial charge on any atom is -0.402 e. The lowest BCUT2D eigenvalue weighted by atomic mass is 9.83. The molecule has 3 heterocycles. The molecular weight excluding hydrogens is 438 g/mol. The van der Waals surface area contributed by atoms with Gasteiger partial charge in [-0.05, 0) is 57.4 Å². The van der Waals surface area contributed by atoms with Gasteiger partial charge in [0.2, 0.25) is 0 Å². The summed E-state index contributed by atoms with van der Waals surface area (Å²) in [5.74, 6) is 0.745. The summed E-state index contributed by atoms with van der Waals surface area (Å²) in [6, 6.07) is 2.08. The van der Waals surface area contributed by atoms with Gasteiger partial charge in [0.25, 0.3) is 0 Å². The average Bonchev–Trinajstić information content (AvgIpc) is 3.45. The molecule has 2 aliphatic carbocycles. The second kappa shape index (κ2) is 9.54. The number of aromatic nitrogens is 1. The summed E-state index contributed by atoms with van der Waals surface area (Å²) < 4.78 is 5.62. The van der Waals surface area contributed by atoms with Gasteiger partial charge in [-0.3, -0.25) is 9.89 Å². The molecule has 0 aromatic carbocycles. The maximum atomic E-state index is 7.99. The average molecular weight is 480 g/mol. The number of hydrogen-bond donors (Lipinski definition) is 3. The third-order valence-corrected chi connectivity index (χ3v) is 8.91. The van der Waals surface area contributed by atoms with Gasteiger partial charge >= 0.3 is 0 Å². The monoisotopic (exact) mass is 479 g/mol. The molecule has 2 saturated heterocycles. The number of nitrogens with two attached hydrogens (primary N) is 1. The molecule has 0 amide bonds. The van der Waals surface area contributed by atoms with Gasteiger partial charge < -0.3 is 26.1 Å². The molecule has 0 spiro atoms. The van der Waals surface area contributed by atoms with Crippen LogP contribution in [0.3, 0.4) is 0 Å². The largest absolute Gasteiger partial charge is 0.402 e. The first kappa shape index (κ1) is 24.3. The quantitative estimate of drug-likeness (QED) is 0.541. The second-order valence-electron chi connectivity index (χ2n) is 11.0. The van der Waals surface area contributed by atoms with Crippen LogP contribution < -0.4 is 16.0 Å². The van der Waals surface area contributed by atoms with Crippen LogP contribution in [0.4, 0.5) is 11.5 Å². The van der Waals surface area contributed by atoms with Crippen molar-refractivity contribution in [2.24, 2.45) is 16.1 Å². The molecule has 190 valence electrons. The highest BCUT2D eigenvalue weighted by Gasteiger charge is 2.56. The van der Waals surface area contributed by atoms with Crippen LogP contribution in [0.25, 0.3) is 0 Å². The highest BCUT2D eigenvalue weighted by atomic mass is 16.5. The van der Waals surface area contributed by atoms with E-state index in [2.05, 4.69) is 26.2 Å². The lowest BCUT2D eigenvalue weighted by Gasteiger charge is -2.42. The van der Waals surface area contributed by atoms with Crippen molar-refractivity contribution in [3.8, 4) is 0 Å². The molecular formula is C27H41N7O. The molecule has 5 rings (SSSR count). The molecule has 8 heteroatoms. The van der Waals surface area contributed by atoms with Crippen molar-refractivity contribution in [3.63, 3.8) is 0 Å². The predicted molar refractivity (Wildman–Crippen MR) is 143 cm³/mol. The Hall–Kier alpha value is -2.45. The number of ether oxygens (including phenoxy) is 1. The first-order valence-electron chi connectivity index (χ1n) is 13.2. The minimum absolute atomic E-state index is 0.354. The zero-order chi connectivity index (χ0) is 24.6. The van der Waals surface area contributed by atoms with Crippen molar-refractivity contribution >= 4 is 23.4 Å². The zero-order valence-corrected chi connectivity index (χ0v) is 21.6. The maximum absolute atomic E-state index is 7.99. The number of morpholine rings is 1. The van der Waals surface area contributed by atoms with E-state index >= 15 is 0 Å². The molecule has 2 bridgehead atoms. The molecule has 35 heavy (non-hydrogen) atoms. The Morgan fingerprint density at radius 1 is 1.26 bits per heavy atom. The highest BCUT2D eigenvalue weighted by Crippen LogP contribution is 2.59. The van der Waals surface area contributed by atoms with Crippen molar-refractivity contribution in [3.05, 3.63) is 28.6 Å². The van der Waals surface area contributed by atoms with Crippen molar-refractivity contribution < 1.29 is 4.74 Å². The van der Waals surface area contributed by atoms with Gasteiger partial charge in [0.05, 0.1) is 24.5 Å². The molecule has 0 radical (unpaired) electrons. The van der Waals surface area contributed by atoms with Gasteiger partial charge in [-0.1, -0.05) is 0 Å². The molecule has 0 atom stereocenters. The van der Waals surface area contributed by atoms with Crippen LogP contribution in [0.1, 0.15) is 56.7 Å². The second-order valence-corrected chi connectivity index (χ2v) is 11.0. The van der Waals surface area contributed by atoms with Gasteiger partial charge in [0.1, 0.15) is 5.82 Å². The van der Waals surface area contributed by atoms with Crippen LogP contribution >= 0.6 is 0 Å². The normalized spacial score (nSPS) is 31.7. The molecule has 4 aliphatic rings. The van der Waals surface area contributed by atoms with E-state index in [-0.39, 0.29) is 0 Å². The molecule has 4 N–H and O–H groups in total. The molecule has 0 unspecified atom stereocenters. The van der Waals surface area contributed by atoms with Gasteiger partial charge in [0, 0.05) is 80.6 Å². The smallest absolute Gasteiger partial charge is 0.136 e. The fraction of sp³-hybridized carbons (Fsp3) is 0.667. The van der Waals surface area contributed by atoms with Crippen molar-refractivity contribution in [2.75, 3.05) is 63.2 Å². The molecule has 2 saturated carbocycles. The van der Waals surface area contributed by atoms with Crippen LogP contribution in [-0.4, -0.2) is 80.3 Å². The summed E-state index contributed by atoms with van der Waals surface area (Å²) >= 11 is 0. The number of fused-ring (bicyclic) bond motifs is 2. The lowest BCUT2D eigenvalue weighted by molar-refractivity contribution is -0.0192. The van der Waals surface area contributed by atoms with E-state index in [0.717, 1.165) is 86.4 Å². The maximum Gasteiger partial charge on any atom is 0.136 e. The summed E-state index contributed by atoms with van der Waals surface area (Å²) in [7, 11) is 1.86. The van der Waals surface area contributed by atoms with Crippen molar-refractivity contribution in [2.45, 2.75) is 57.9 Å². The lowest BCUT2D eigenvalue weighted by Crippen LogP contribution is -2.51. The Labute approximate surface area is 209 Å². The van der Waals surface area contributed by atoms with E-state index in [1.54, 1.807) is 0 Å². The zero-order valence-electron chi connectivity index (χ0n) is 21.6. The van der Waals surface area contributed by atoms with E-state index in [1.807, 2.05) is 20.9 Å². The number of anilines is 2. The Morgan fingerprint density at radius 3 is 2.66 bits per heavy atom. The van der Waals surface area contributed by atoms with Gasteiger partial charge in [-0.25, -0.2) is 4.98 Å². The molecule has 1 aromatic heterocycles. The minimum atomic E-state index is 0.354. The Kier molecular flexibility index (Phi) is 6.61. The van der Waals surface area contributed by atoms with Crippen LogP contribution in [0.2, 0.25) is 0 Å². The van der Waals surface area contributed by atoms with Crippen LogP contribution in [0.15, 0.2) is 22.3 Å². The highest BCUT2D eigenvalue weighted by molar-refractivity contribution is 6.03. The number of rotatable bonds is 6. The number of pyridine rings is 1. The third kappa shape index (κ3) is 4.47. The third-order valence-electron chi connectivity index (χ3n) is 8.91. The summed E-state index contributed by atoms with van der Waals surface area (Å²) in [6.07, 6.45) is 8.77. The van der Waals surface area contributed by atoms with Gasteiger partial charge in [-0.2, -0.15) is 0 Å². The number of hydrogen-bond acceptors (Lipinski definition) is 8. The Balaban J connectivity index is 1.32. The summed E-state index contributed by atoms with van der Waals surface area (Å²) in [5, 5.41) is 11.1. The predicted octanol–water partition coefficient (Wildman–Crippen LogP) is 3.35. The van der Waals surface area contributed by atoms with Crippen LogP contribution in [0, 0.1) is 17.7 Å². The summed E-state index contributed by atoms with van der Waals surface area (Å²) in [6.45, 7) is 10.4. The molecule has 4 fully saturated rings. The van der Waals surface area contributed by atoms with E-state index in [1.165, 1.54) is 44.0 Å². The van der Waals surface area contributed by atoms with Crippen molar-refractivity contribution in [1.82, 2.24) is 9.88 Å². The Morgan fingerprint density at radius 2 is 2.00 bits per heavy atom. The molecule has 2 aliphatic heterocycles. The van der Waals surface area contributed by atoms with Crippen molar-refractivity contribution in [1.29, 1.82) is 5.41 Å². The molecule has 1 aromatic rings. The summed E-state index contributed by atoms with van der Waals surface area (Å²) in [4.78, 5) is 14.9. The number of piperidine rings is 1. The van der Waals surface area contributed by atoms with E-state index in [4.69, 9.17) is 20.9 Å². The van der Waals surface area contributed by atoms with Gasteiger partial charge in [0.15, 0.2) is 0 Å². The van der Waals surface area contributed by atoms with E-state index in [0.29, 0.717) is 11.0 Å². The fourth-order valence-electron chi connectivity index (χ4n) is 6.99. The molecule has 8 nitrogen and oxygen atoms in total. The Bertz CT molecular complexity index is 1030. The van der Waals surface area contributed by atoms with E-state index in [9.17, 15) is 0 Å². The number of aryl methyl sites for hydroxylation is 1. The number of nitrogens with one attached hydrogen (secondary N) is 2. The summed E-state index contributed by atoms with van der Waals surface area (Å²) in [5.41, 5.74) is 13.1. The number of allylic oxidation sites excluding steroid dienone is 1. The standard InChI is InChI=1S/C27H41N7O/c1-19-14-24(21(15-28)25(30-3)32-19)33-9-4-23(22(16-33)20(2)29)31-18-26-5-7-27(17-26,8-6-26)34-10-12-35-13-11-34/h14-15,28H,4-13,16-18,29H2,1-3H3,(H,30,32). The fourth-order valence-corrected chi connectivity index (χ4v) is 6.99. The number of aliphatic imine (C=N–C) groups is 1. The number of nitrogens with zero attached hydrogens (tertiary/aromatic N) is 4. The SMILES string of the molecule is CNc1nc(C)cc(N2CCC(=NCC34CCC(N5CCOCC5)(CC3)C4)C(=C(C)N)C2)c1C=N. The first-order valence-corrected chi connectivity index (χ1v) is 13.2. The van der Waals surface area contributed by atoms with E-state index < -0.39 is 0 Å². The topological polar surface area (TPSA) is 103 Å². The van der Waals surface area contributed by atoms with Crippen LogP contribution in [-0.2, 0) is 4.74 Å². The van der Waals surface area contributed by atoms with Crippen LogP contribution in [0.5, 0.6) is 0 Å². The van der Waals surface area contributed by atoms with Gasteiger partial charge in [-0.15, -0.1) is 0 Å².